The van der Waals surface area contributed by atoms with Crippen molar-refractivity contribution in [3.05, 3.63) is 95.6 Å². The van der Waals surface area contributed by atoms with Crippen LogP contribution in [-0.4, -0.2) is 29.5 Å². The van der Waals surface area contributed by atoms with E-state index in [-0.39, 0.29) is 4.90 Å². The number of nitrogens with zero attached hydrogens (tertiary/aromatic N) is 3. The molecule has 0 spiro atoms. The molecular formula is C23H16N4O3S2. The van der Waals surface area contributed by atoms with Gasteiger partial charge in [0.15, 0.2) is 5.01 Å². The quantitative estimate of drug-likeness (QED) is 0.313. The summed E-state index contributed by atoms with van der Waals surface area (Å²) in [5.74, 6) is -0.428. The lowest BCUT2D eigenvalue weighted by Crippen LogP contribution is -2.17. The number of hydrazone groups is 1. The highest BCUT2D eigenvalue weighted by Crippen LogP contribution is 2.25. The van der Waals surface area contributed by atoms with Crippen LogP contribution in [0, 0.1) is 0 Å². The van der Waals surface area contributed by atoms with Gasteiger partial charge in [0.1, 0.15) is 0 Å². The molecule has 0 atom stereocenters. The summed E-state index contributed by atoms with van der Waals surface area (Å²) in [5, 5.41) is 5.04. The van der Waals surface area contributed by atoms with Crippen LogP contribution < -0.4 is 5.43 Å². The van der Waals surface area contributed by atoms with Gasteiger partial charge in [-0.15, -0.1) is 11.3 Å². The second kappa shape index (κ2) is 8.03. The largest absolute Gasteiger partial charge is 0.300 e. The van der Waals surface area contributed by atoms with Crippen molar-refractivity contribution < 1.29 is 13.2 Å². The number of hydrogen-bond donors (Lipinski definition) is 1. The second-order valence-electron chi connectivity index (χ2n) is 6.90. The highest BCUT2D eigenvalue weighted by atomic mass is 32.2. The number of para-hydroxylation sites is 2. The van der Waals surface area contributed by atoms with E-state index in [9.17, 15) is 13.2 Å². The number of carbonyl (C=O) groups excluding carboxylic acids is 1. The number of carbonyl (C=O) groups is 1. The molecule has 0 aliphatic rings. The SMILES string of the molecule is O=C(N/N=C/c1cn(S(=O)(=O)c2ccccc2)c2ccccc12)c1nc2ccccc2s1. The highest BCUT2D eigenvalue weighted by Gasteiger charge is 2.20. The smallest absolute Gasteiger partial charge is 0.265 e. The Balaban J connectivity index is 1.46. The minimum Gasteiger partial charge on any atom is -0.265 e. The first-order chi connectivity index (χ1) is 15.5. The molecule has 1 amide bonds. The minimum atomic E-state index is -3.78. The Kier molecular flexibility index (Phi) is 5.04. The molecule has 0 bridgehead atoms. The van der Waals surface area contributed by atoms with Gasteiger partial charge in [-0.1, -0.05) is 48.5 Å². The second-order valence-corrected chi connectivity index (χ2v) is 9.75. The molecular weight excluding hydrogens is 444 g/mol. The van der Waals surface area contributed by atoms with Gasteiger partial charge >= 0.3 is 0 Å². The Bertz CT molecular complexity index is 1550. The van der Waals surface area contributed by atoms with Gasteiger partial charge in [-0.25, -0.2) is 22.8 Å². The maximum Gasteiger partial charge on any atom is 0.300 e. The molecule has 0 saturated carbocycles. The lowest BCUT2D eigenvalue weighted by atomic mass is 10.2. The fourth-order valence-electron chi connectivity index (χ4n) is 3.36. The summed E-state index contributed by atoms with van der Waals surface area (Å²) in [6.45, 7) is 0. The molecule has 0 unspecified atom stereocenters. The predicted molar refractivity (Wildman–Crippen MR) is 126 cm³/mol. The van der Waals surface area contributed by atoms with Crippen LogP contribution in [0.3, 0.4) is 0 Å². The summed E-state index contributed by atoms with van der Waals surface area (Å²) in [6, 6.07) is 22.8. The highest BCUT2D eigenvalue weighted by molar-refractivity contribution is 7.90. The fourth-order valence-corrected chi connectivity index (χ4v) is 5.61. The zero-order chi connectivity index (χ0) is 22.1. The number of fused-ring (bicyclic) bond motifs is 2. The van der Waals surface area contributed by atoms with E-state index in [0.717, 1.165) is 10.2 Å². The number of aromatic nitrogens is 2. The molecule has 0 aliphatic heterocycles. The van der Waals surface area contributed by atoms with Crippen LogP contribution in [0.5, 0.6) is 0 Å². The Morgan fingerprint density at radius 1 is 0.969 bits per heavy atom. The molecule has 7 nitrogen and oxygen atoms in total. The Hall–Kier alpha value is -3.82. The van der Waals surface area contributed by atoms with Crippen LogP contribution >= 0.6 is 11.3 Å². The number of rotatable bonds is 5. The lowest BCUT2D eigenvalue weighted by molar-refractivity contribution is 0.0955. The molecule has 5 rings (SSSR count). The zero-order valence-corrected chi connectivity index (χ0v) is 18.2. The van der Waals surface area contributed by atoms with Crippen molar-refractivity contribution in [2.45, 2.75) is 4.90 Å². The predicted octanol–water partition coefficient (Wildman–Crippen LogP) is 4.25. The molecule has 1 N–H and O–H groups in total. The Labute approximate surface area is 187 Å². The number of hydrogen-bond acceptors (Lipinski definition) is 6. The summed E-state index contributed by atoms with van der Waals surface area (Å²) >= 11 is 1.28. The van der Waals surface area contributed by atoms with Gasteiger partial charge in [0.2, 0.25) is 0 Å². The van der Waals surface area contributed by atoms with Crippen molar-refractivity contribution in [2.75, 3.05) is 0 Å². The molecule has 3 aromatic carbocycles. The van der Waals surface area contributed by atoms with Crippen molar-refractivity contribution in [1.82, 2.24) is 14.4 Å². The molecule has 2 aromatic heterocycles. The van der Waals surface area contributed by atoms with E-state index in [2.05, 4.69) is 15.5 Å². The summed E-state index contributed by atoms with van der Waals surface area (Å²) in [5.41, 5.74) is 4.31. The van der Waals surface area contributed by atoms with Crippen LogP contribution in [0.2, 0.25) is 0 Å². The molecule has 0 aliphatic carbocycles. The molecule has 2 heterocycles. The van der Waals surface area contributed by atoms with E-state index >= 15 is 0 Å². The van der Waals surface area contributed by atoms with Crippen molar-refractivity contribution in [3.8, 4) is 0 Å². The van der Waals surface area contributed by atoms with E-state index in [1.165, 1.54) is 27.7 Å². The van der Waals surface area contributed by atoms with Crippen LogP contribution in [0.25, 0.3) is 21.1 Å². The van der Waals surface area contributed by atoms with Crippen LogP contribution in [0.4, 0.5) is 0 Å². The van der Waals surface area contributed by atoms with Gasteiger partial charge in [-0.3, -0.25) is 4.79 Å². The third-order valence-electron chi connectivity index (χ3n) is 4.87. The first-order valence-electron chi connectivity index (χ1n) is 9.64. The number of benzene rings is 3. The van der Waals surface area contributed by atoms with Gasteiger partial charge in [-0.2, -0.15) is 5.10 Å². The van der Waals surface area contributed by atoms with Crippen LogP contribution in [0.1, 0.15) is 15.4 Å². The number of amides is 1. The monoisotopic (exact) mass is 460 g/mol. The summed E-state index contributed by atoms with van der Waals surface area (Å²) in [7, 11) is -3.78. The van der Waals surface area contributed by atoms with E-state index in [1.807, 2.05) is 36.4 Å². The zero-order valence-electron chi connectivity index (χ0n) is 16.5. The van der Waals surface area contributed by atoms with Crippen LogP contribution in [0.15, 0.2) is 95.1 Å². The maximum absolute atomic E-state index is 13.2. The third kappa shape index (κ3) is 3.57. The van der Waals surface area contributed by atoms with Gasteiger partial charge in [0, 0.05) is 17.1 Å². The average molecular weight is 461 g/mol. The van der Waals surface area contributed by atoms with E-state index in [1.54, 1.807) is 42.5 Å². The standard InChI is InChI=1S/C23H16N4O3S2/c28-22(23-25-19-11-5-7-13-21(19)31-23)26-24-14-16-15-27(20-12-6-4-10-18(16)20)32(29,30)17-8-2-1-3-9-17/h1-15H,(H,26,28)/b24-14+. The van der Waals surface area contributed by atoms with Gasteiger partial charge in [-0.05, 0) is 30.3 Å². The fraction of sp³-hybridized carbons (Fsp3) is 0. The molecule has 9 heteroatoms. The van der Waals surface area contributed by atoms with E-state index in [0.29, 0.717) is 21.5 Å². The van der Waals surface area contributed by atoms with Crippen molar-refractivity contribution >= 4 is 54.6 Å². The summed E-state index contributed by atoms with van der Waals surface area (Å²) in [4.78, 5) is 16.9. The molecule has 158 valence electrons. The molecule has 5 aromatic rings. The van der Waals surface area contributed by atoms with E-state index < -0.39 is 15.9 Å². The van der Waals surface area contributed by atoms with Crippen molar-refractivity contribution in [2.24, 2.45) is 5.10 Å². The van der Waals surface area contributed by atoms with Crippen molar-refractivity contribution in [1.29, 1.82) is 0 Å². The third-order valence-corrected chi connectivity index (χ3v) is 7.59. The Morgan fingerprint density at radius 2 is 1.69 bits per heavy atom. The number of thiazole rings is 1. The first-order valence-corrected chi connectivity index (χ1v) is 11.9. The summed E-state index contributed by atoms with van der Waals surface area (Å²) < 4.78 is 28.5. The molecule has 0 radical (unpaired) electrons. The van der Waals surface area contributed by atoms with Gasteiger partial charge in [0.05, 0.1) is 26.8 Å². The Morgan fingerprint density at radius 3 is 2.50 bits per heavy atom. The normalized spacial score (nSPS) is 12.0. The minimum absolute atomic E-state index is 0.188. The number of nitrogens with one attached hydrogen (secondary N) is 1. The molecule has 0 fully saturated rings. The van der Waals surface area contributed by atoms with Gasteiger partial charge in [0.25, 0.3) is 15.9 Å². The average Bonchev–Trinajstić information content (AvgIpc) is 3.42. The van der Waals surface area contributed by atoms with Gasteiger partial charge < -0.3 is 0 Å². The first kappa shape index (κ1) is 20.1. The van der Waals surface area contributed by atoms with Crippen LogP contribution in [-0.2, 0) is 10.0 Å². The topological polar surface area (TPSA) is 93.4 Å². The lowest BCUT2D eigenvalue weighted by Gasteiger charge is -2.07. The summed E-state index contributed by atoms with van der Waals surface area (Å²) in [6.07, 6.45) is 2.94. The van der Waals surface area contributed by atoms with E-state index in [4.69, 9.17) is 0 Å². The van der Waals surface area contributed by atoms with Crippen molar-refractivity contribution in [3.63, 3.8) is 0 Å². The maximum atomic E-state index is 13.2. The molecule has 0 saturated heterocycles. The molecule has 32 heavy (non-hydrogen) atoms.